The first-order chi connectivity index (χ1) is 12.1. The van der Waals surface area contributed by atoms with E-state index in [0.29, 0.717) is 10.7 Å². The Balaban J connectivity index is 1.66. The van der Waals surface area contributed by atoms with Gasteiger partial charge in [-0.3, -0.25) is 10.2 Å². The minimum atomic E-state index is -0.436. The fraction of sp³-hybridized carbons (Fsp3) is 0.0588. The fourth-order valence-electron chi connectivity index (χ4n) is 2.05. The minimum Gasteiger partial charge on any atom is -0.277 e. The fourth-order valence-corrected chi connectivity index (χ4v) is 2.18. The molecule has 0 bridgehead atoms. The van der Waals surface area contributed by atoms with Crippen molar-refractivity contribution in [3.8, 4) is 0 Å². The molecule has 0 fully saturated rings. The SMILES string of the molecule is Cc1c(C(=O)N/N=C/c2ccccc2)nnn1Nc1ccc(Cl)cc1. The van der Waals surface area contributed by atoms with Crippen LogP contribution >= 0.6 is 11.6 Å². The van der Waals surface area contributed by atoms with Gasteiger partial charge >= 0.3 is 0 Å². The molecule has 3 rings (SSSR count). The molecule has 0 saturated carbocycles. The van der Waals surface area contributed by atoms with Crippen molar-refractivity contribution in [2.45, 2.75) is 6.92 Å². The van der Waals surface area contributed by atoms with E-state index in [2.05, 4.69) is 26.3 Å². The summed E-state index contributed by atoms with van der Waals surface area (Å²) in [6.45, 7) is 1.73. The molecule has 0 atom stereocenters. The summed E-state index contributed by atoms with van der Waals surface area (Å²) in [5, 5.41) is 12.4. The molecule has 0 aliphatic rings. The normalized spacial score (nSPS) is 10.8. The van der Waals surface area contributed by atoms with Gasteiger partial charge in [0.1, 0.15) is 0 Å². The lowest BCUT2D eigenvalue weighted by atomic mass is 10.2. The first-order valence-corrected chi connectivity index (χ1v) is 7.84. The van der Waals surface area contributed by atoms with Crippen molar-refractivity contribution in [3.05, 3.63) is 76.6 Å². The Morgan fingerprint density at radius 1 is 1.16 bits per heavy atom. The van der Waals surface area contributed by atoms with Gasteiger partial charge in [0.05, 0.1) is 17.6 Å². The summed E-state index contributed by atoms with van der Waals surface area (Å²) >= 11 is 5.86. The molecule has 0 aliphatic heterocycles. The summed E-state index contributed by atoms with van der Waals surface area (Å²) < 4.78 is 0. The van der Waals surface area contributed by atoms with Crippen molar-refractivity contribution >= 4 is 29.4 Å². The maximum atomic E-state index is 12.2. The maximum absolute atomic E-state index is 12.2. The molecule has 1 heterocycles. The molecule has 0 radical (unpaired) electrons. The molecule has 2 aromatic carbocycles. The third-order valence-corrected chi connectivity index (χ3v) is 3.62. The lowest BCUT2D eigenvalue weighted by Crippen LogP contribution is -2.20. The van der Waals surface area contributed by atoms with E-state index < -0.39 is 5.91 Å². The molecule has 126 valence electrons. The number of hydrogen-bond donors (Lipinski definition) is 2. The van der Waals surface area contributed by atoms with E-state index in [4.69, 9.17) is 11.6 Å². The largest absolute Gasteiger partial charge is 0.293 e. The number of halogens is 1. The summed E-state index contributed by atoms with van der Waals surface area (Å²) in [7, 11) is 0. The third kappa shape index (κ3) is 4.21. The highest BCUT2D eigenvalue weighted by Gasteiger charge is 2.16. The second-order valence-electron chi connectivity index (χ2n) is 5.16. The van der Waals surface area contributed by atoms with Crippen LogP contribution in [0.5, 0.6) is 0 Å². The van der Waals surface area contributed by atoms with Gasteiger partial charge in [0.2, 0.25) is 0 Å². The van der Waals surface area contributed by atoms with Crippen LogP contribution in [0.25, 0.3) is 0 Å². The zero-order chi connectivity index (χ0) is 17.6. The van der Waals surface area contributed by atoms with Gasteiger partial charge in [-0.25, -0.2) is 5.43 Å². The smallest absolute Gasteiger partial charge is 0.277 e. The minimum absolute atomic E-state index is 0.187. The van der Waals surface area contributed by atoms with E-state index >= 15 is 0 Å². The number of aromatic nitrogens is 3. The van der Waals surface area contributed by atoms with Crippen LogP contribution in [0, 0.1) is 6.92 Å². The number of hydrazone groups is 1. The van der Waals surface area contributed by atoms with Gasteiger partial charge in [-0.1, -0.05) is 41.9 Å². The average molecular weight is 355 g/mol. The van der Waals surface area contributed by atoms with Crippen LogP contribution in [0.15, 0.2) is 59.7 Å². The summed E-state index contributed by atoms with van der Waals surface area (Å²) in [6, 6.07) is 16.6. The van der Waals surface area contributed by atoms with Crippen molar-refractivity contribution in [1.82, 2.24) is 20.5 Å². The van der Waals surface area contributed by atoms with Crippen molar-refractivity contribution < 1.29 is 4.79 Å². The van der Waals surface area contributed by atoms with E-state index in [-0.39, 0.29) is 5.69 Å². The number of rotatable bonds is 5. The van der Waals surface area contributed by atoms with Crippen molar-refractivity contribution in [2.24, 2.45) is 5.10 Å². The van der Waals surface area contributed by atoms with Crippen molar-refractivity contribution in [3.63, 3.8) is 0 Å². The lowest BCUT2D eigenvalue weighted by molar-refractivity contribution is 0.0949. The van der Waals surface area contributed by atoms with Gasteiger partial charge in [-0.05, 0) is 42.0 Å². The Morgan fingerprint density at radius 2 is 1.88 bits per heavy atom. The van der Waals surface area contributed by atoms with Crippen LogP contribution < -0.4 is 10.9 Å². The predicted octanol–water partition coefficient (Wildman–Crippen LogP) is 2.88. The first-order valence-electron chi connectivity index (χ1n) is 7.47. The second kappa shape index (κ2) is 7.59. The van der Waals surface area contributed by atoms with Crippen molar-refractivity contribution in [1.29, 1.82) is 0 Å². The molecule has 7 nitrogen and oxygen atoms in total. The summed E-state index contributed by atoms with van der Waals surface area (Å²) in [4.78, 5) is 13.6. The molecule has 1 aromatic heterocycles. The number of nitrogens with one attached hydrogen (secondary N) is 2. The van der Waals surface area contributed by atoms with Crippen LogP contribution in [0.1, 0.15) is 21.7 Å². The van der Waals surface area contributed by atoms with Gasteiger partial charge in [-0.15, -0.1) is 5.10 Å². The number of nitrogens with zero attached hydrogens (tertiary/aromatic N) is 4. The highest BCUT2D eigenvalue weighted by molar-refractivity contribution is 6.30. The molecule has 1 amide bonds. The summed E-state index contributed by atoms with van der Waals surface area (Å²) in [6.07, 6.45) is 1.56. The van der Waals surface area contributed by atoms with E-state index in [1.54, 1.807) is 37.4 Å². The molecular weight excluding hydrogens is 340 g/mol. The van der Waals surface area contributed by atoms with Gasteiger partial charge in [0.25, 0.3) is 5.91 Å². The number of benzene rings is 2. The summed E-state index contributed by atoms with van der Waals surface area (Å²) in [5.41, 5.74) is 7.86. The van der Waals surface area contributed by atoms with Gasteiger partial charge in [0, 0.05) is 5.02 Å². The van der Waals surface area contributed by atoms with Crippen LogP contribution in [-0.2, 0) is 0 Å². The topological polar surface area (TPSA) is 84.2 Å². The zero-order valence-electron chi connectivity index (χ0n) is 13.3. The molecular formula is C17H15ClN6O. The van der Waals surface area contributed by atoms with Gasteiger partial charge < -0.3 is 0 Å². The molecule has 2 N–H and O–H groups in total. The number of carbonyl (C=O) groups excluding carboxylic acids is 1. The predicted molar refractivity (Wildman–Crippen MR) is 96.7 cm³/mol. The Bertz CT molecular complexity index is 889. The summed E-state index contributed by atoms with van der Waals surface area (Å²) in [5.74, 6) is -0.436. The van der Waals surface area contributed by atoms with E-state index in [9.17, 15) is 4.79 Å². The molecule has 3 aromatic rings. The number of anilines is 1. The third-order valence-electron chi connectivity index (χ3n) is 3.37. The van der Waals surface area contributed by atoms with E-state index in [0.717, 1.165) is 11.3 Å². The molecule has 0 unspecified atom stereocenters. The molecule has 8 heteroatoms. The monoisotopic (exact) mass is 354 g/mol. The second-order valence-corrected chi connectivity index (χ2v) is 5.60. The van der Waals surface area contributed by atoms with Gasteiger partial charge in [-0.2, -0.15) is 9.89 Å². The van der Waals surface area contributed by atoms with E-state index in [1.807, 2.05) is 30.3 Å². The van der Waals surface area contributed by atoms with Crippen molar-refractivity contribution in [2.75, 3.05) is 5.43 Å². The van der Waals surface area contributed by atoms with Crippen LogP contribution in [0.2, 0.25) is 5.02 Å². The number of amides is 1. The Kier molecular flexibility index (Phi) is 5.06. The average Bonchev–Trinajstić information content (AvgIpc) is 2.98. The maximum Gasteiger partial charge on any atom is 0.293 e. The molecule has 0 aliphatic carbocycles. The molecule has 25 heavy (non-hydrogen) atoms. The van der Waals surface area contributed by atoms with E-state index in [1.165, 1.54) is 4.79 Å². The first kappa shape index (κ1) is 16.7. The van der Waals surface area contributed by atoms with Gasteiger partial charge in [0.15, 0.2) is 5.69 Å². The lowest BCUT2D eigenvalue weighted by Gasteiger charge is -2.07. The standard InChI is InChI=1S/C17H15ClN6O/c1-12-16(17(25)21-19-11-13-5-3-2-4-6-13)20-23-24(12)22-15-9-7-14(18)8-10-15/h2-11,22H,1H3,(H,21,25)/b19-11+. The number of hydrogen-bond acceptors (Lipinski definition) is 5. The van der Waals surface area contributed by atoms with Crippen LogP contribution in [-0.4, -0.2) is 27.2 Å². The Morgan fingerprint density at radius 3 is 2.60 bits per heavy atom. The molecule has 0 spiro atoms. The Labute approximate surface area is 149 Å². The quantitative estimate of drug-likeness (QED) is 0.545. The zero-order valence-corrected chi connectivity index (χ0v) is 14.1. The van der Waals surface area contributed by atoms with Crippen LogP contribution in [0.4, 0.5) is 5.69 Å². The highest BCUT2D eigenvalue weighted by atomic mass is 35.5. The molecule has 0 saturated heterocycles. The Hall–Kier alpha value is -3.19. The van der Waals surface area contributed by atoms with Crippen LogP contribution in [0.3, 0.4) is 0 Å². The highest BCUT2D eigenvalue weighted by Crippen LogP contribution is 2.14. The number of carbonyl (C=O) groups is 1.